The zero-order valence-corrected chi connectivity index (χ0v) is 12.6. The van der Waals surface area contributed by atoms with Crippen molar-refractivity contribution < 1.29 is 13.6 Å². The van der Waals surface area contributed by atoms with E-state index < -0.39 is 17.4 Å². The number of hydrogen-bond acceptors (Lipinski definition) is 1. The molecule has 0 heterocycles. The van der Waals surface area contributed by atoms with Crippen LogP contribution in [0.1, 0.15) is 47.8 Å². The number of ketones is 1. The van der Waals surface area contributed by atoms with E-state index in [0.29, 0.717) is 5.56 Å². The number of carbonyl (C=O) groups excluding carboxylic acids is 1. The summed E-state index contributed by atoms with van der Waals surface area (Å²) in [7, 11) is 0. The van der Waals surface area contributed by atoms with E-state index in [1.54, 1.807) is 12.1 Å². The molecule has 0 N–H and O–H groups in total. The standard InChI is InChI=1S/C18H18F2O/c1-11-5-10-14(16(20)15(11)19)17(21)12-6-8-13(9-7-12)18(2,3)4/h5-10H,1-4H3. The molecule has 0 saturated carbocycles. The molecule has 21 heavy (non-hydrogen) atoms. The van der Waals surface area contributed by atoms with E-state index in [-0.39, 0.29) is 16.5 Å². The molecule has 1 nitrogen and oxygen atoms in total. The van der Waals surface area contributed by atoms with Crippen LogP contribution in [0.4, 0.5) is 8.78 Å². The second-order valence-corrected chi connectivity index (χ2v) is 6.21. The second-order valence-electron chi connectivity index (χ2n) is 6.21. The number of aryl methyl sites for hydroxylation is 1. The van der Waals surface area contributed by atoms with Gasteiger partial charge in [0.1, 0.15) is 0 Å². The Kier molecular flexibility index (Phi) is 3.95. The average molecular weight is 288 g/mol. The SMILES string of the molecule is Cc1ccc(C(=O)c2ccc(C(C)(C)C)cc2)c(F)c1F. The van der Waals surface area contributed by atoms with E-state index in [9.17, 15) is 13.6 Å². The summed E-state index contributed by atoms with van der Waals surface area (Å²) in [6.45, 7) is 7.67. The Morgan fingerprint density at radius 3 is 2.00 bits per heavy atom. The third kappa shape index (κ3) is 3.02. The summed E-state index contributed by atoms with van der Waals surface area (Å²) in [5.74, 6) is -2.56. The molecule has 0 atom stereocenters. The highest BCUT2D eigenvalue weighted by Gasteiger charge is 2.19. The molecule has 3 heteroatoms. The van der Waals surface area contributed by atoms with Crippen molar-refractivity contribution in [3.8, 4) is 0 Å². The van der Waals surface area contributed by atoms with Gasteiger partial charge >= 0.3 is 0 Å². The summed E-state index contributed by atoms with van der Waals surface area (Å²) in [6.07, 6.45) is 0. The van der Waals surface area contributed by atoms with Gasteiger partial charge in [-0.1, -0.05) is 51.1 Å². The van der Waals surface area contributed by atoms with Crippen LogP contribution in [0.5, 0.6) is 0 Å². The maximum Gasteiger partial charge on any atom is 0.196 e. The molecule has 0 bridgehead atoms. The highest BCUT2D eigenvalue weighted by atomic mass is 19.2. The van der Waals surface area contributed by atoms with Crippen molar-refractivity contribution >= 4 is 5.78 Å². The lowest BCUT2D eigenvalue weighted by atomic mass is 9.86. The summed E-state index contributed by atoms with van der Waals surface area (Å²) in [4.78, 5) is 12.3. The number of carbonyl (C=O) groups is 1. The van der Waals surface area contributed by atoms with E-state index >= 15 is 0 Å². The summed E-state index contributed by atoms with van der Waals surface area (Å²) in [6, 6.07) is 9.73. The molecule has 0 unspecified atom stereocenters. The lowest BCUT2D eigenvalue weighted by Gasteiger charge is -2.19. The van der Waals surface area contributed by atoms with Crippen molar-refractivity contribution in [2.45, 2.75) is 33.1 Å². The Labute approximate surface area is 123 Å². The van der Waals surface area contributed by atoms with Gasteiger partial charge in [-0.2, -0.15) is 0 Å². The van der Waals surface area contributed by atoms with E-state index in [1.165, 1.54) is 19.1 Å². The lowest BCUT2D eigenvalue weighted by Crippen LogP contribution is -2.12. The van der Waals surface area contributed by atoms with Gasteiger partial charge < -0.3 is 0 Å². The monoisotopic (exact) mass is 288 g/mol. The largest absolute Gasteiger partial charge is 0.288 e. The third-order valence-corrected chi connectivity index (χ3v) is 3.53. The van der Waals surface area contributed by atoms with Crippen molar-refractivity contribution in [2.75, 3.05) is 0 Å². The Bertz CT molecular complexity index is 680. The molecular formula is C18H18F2O. The number of halogens is 2. The van der Waals surface area contributed by atoms with Crippen molar-refractivity contribution in [3.63, 3.8) is 0 Å². The molecule has 0 fully saturated rings. The zero-order valence-electron chi connectivity index (χ0n) is 12.6. The maximum atomic E-state index is 13.9. The minimum absolute atomic E-state index is 0.0250. The fourth-order valence-corrected chi connectivity index (χ4v) is 2.10. The molecule has 0 aliphatic carbocycles. The van der Waals surface area contributed by atoms with E-state index in [4.69, 9.17) is 0 Å². The van der Waals surface area contributed by atoms with Crippen LogP contribution in [-0.2, 0) is 5.41 Å². The molecule has 0 aliphatic heterocycles. The van der Waals surface area contributed by atoms with Gasteiger partial charge in [0.25, 0.3) is 0 Å². The lowest BCUT2D eigenvalue weighted by molar-refractivity contribution is 0.103. The first-order valence-corrected chi connectivity index (χ1v) is 6.81. The average Bonchev–Trinajstić information content (AvgIpc) is 2.43. The first-order valence-electron chi connectivity index (χ1n) is 6.81. The molecule has 0 aromatic heterocycles. The van der Waals surface area contributed by atoms with Crippen LogP contribution >= 0.6 is 0 Å². The third-order valence-electron chi connectivity index (χ3n) is 3.53. The Balaban J connectivity index is 2.39. The summed E-state index contributed by atoms with van der Waals surface area (Å²) >= 11 is 0. The molecule has 0 aliphatic rings. The van der Waals surface area contributed by atoms with E-state index in [2.05, 4.69) is 20.8 Å². The molecule has 2 aromatic rings. The van der Waals surface area contributed by atoms with Crippen LogP contribution < -0.4 is 0 Å². The molecule has 2 aromatic carbocycles. The summed E-state index contributed by atoms with van der Waals surface area (Å²) < 4.78 is 27.4. The molecule has 0 amide bonds. The summed E-state index contributed by atoms with van der Waals surface area (Å²) in [5.41, 5.74) is 1.36. The molecular weight excluding hydrogens is 270 g/mol. The quantitative estimate of drug-likeness (QED) is 0.725. The van der Waals surface area contributed by atoms with Crippen molar-refractivity contribution in [3.05, 3.63) is 70.3 Å². The maximum absolute atomic E-state index is 13.9. The van der Waals surface area contributed by atoms with Crippen molar-refractivity contribution in [1.29, 1.82) is 0 Å². The van der Waals surface area contributed by atoms with Gasteiger partial charge in [0, 0.05) is 5.56 Å². The van der Waals surface area contributed by atoms with Crippen LogP contribution in [0.2, 0.25) is 0 Å². The normalized spacial score (nSPS) is 11.5. The number of rotatable bonds is 2. The number of hydrogen-bond donors (Lipinski definition) is 0. The number of benzene rings is 2. The first-order chi connectivity index (χ1) is 9.71. The minimum Gasteiger partial charge on any atom is -0.288 e. The van der Waals surface area contributed by atoms with E-state index in [0.717, 1.165) is 5.56 Å². The van der Waals surface area contributed by atoms with Gasteiger partial charge in [-0.05, 0) is 29.5 Å². The van der Waals surface area contributed by atoms with Crippen LogP contribution in [0, 0.1) is 18.6 Å². The fraction of sp³-hybridized carbons (Fsp3) is 0.278. The van der Waals surface area contributed by atoms with Crippen LogP contribution in [0.25, 0.3) is 0 Å². The highest BCUT2D eigenvalue weighted by molar-refractivity contribution is 6.09. The zero-order chi connectivity index (χ0) is 15.8. The molecule has 0 radical (unpaired) electrons. The second kappa shape index (κ2) is 5.40. The predicted octanol–water partition coefficient (Wildman–Crippen LogP) is 4.80. The highest BCUT2D eigenvalue weighted by Crippen LogP contribution is 2.24. The minimum atomic E-state index is -1.08. The van der Waals surface area contributed by atoms with Gasteiger partial charge in [-0.15, -0.1) is 0 Å². The van der Waals surface area contributed by atoms with Gasteiger partial charge in [-0.25, -0.2) is 8.78 Å². The Hall–Kier alpha value is -2.03. The molecule has 0 saturated heterocycles. The molecule has 0 spiro atoms. The molecule has 110 valence electrons. The predicted molar refractivity (Wildman–Crippen MR) is 79.7 cm³/mol. The summed E-state index contributed by atoms with van der Waals surface area (Å²) in [5, 5.41) is 0. The topological polar surface area (TPSA) is 17.1 Å². The Morgan fingerprint density at radius 1 is 0.905 bits per heavy atom. The smallest absolute Gasteiger partial charge is 0.196 e. The van der Waals surface area contributed by atoms with Gasteiger partial charge in [0.2, 0.25) is 0 Å². The van der Waals surface area contributed by atoms with Crippen molar-refractivity contribution in [2.24, 2.45) is 0 Å². The fourth-order valence-electron chi connectivity index (χ4n) is 2.10. The van der Waals surface area contributed by atoms with Gasteiger partial charge in [0.05, 0.1) is 5.56 Å². The van der Waals surface area contributed by atoms with Crippen molar-refractivity contribution in [1.82, 2.24) is 0 Å². The van der Waals surface area contributed by atoms with Gasteiger partial charge in [-0.3, -0.25) is 4.79 Å². The first kappa shape index (κ1) is 15.4. The van der Waals surface area contributed by atoms with Crippen LogP contribution in [0.15, 0.2) is 36.4 Å². The van der Waals surface area contributed by atoms with Gasteiger partial charge in [0.15, 0.2) is 17.4 Å². The Morgan fingerprint density at radius 2 is 1.48 bits per heavy atom. The molecule has 2 rings (SSSR count). The van der Waals surface area contributed by atoms with Crippen LogP contribution in [-0.4, -0.2) is 5.78 Å². The van der Waals surface area contributed by atoms with E-state index in [1.807, 2.05) is 12.1 Å². The van der Waals surface area contributed by atoms with Crippen LogP contribution in [0.3, 0.4) is 0 Å².